The second-order valence-electron chi connectivity index (χ2n) is 6.20. The molecule has 1 aromatic heterocycles. The molecule has 0 bridgehead atoms. The van der Waals surface area contributed by atoms with Crippen molar-refractivity contribution in [1.82, 2.24) is 24.6 Å². The lowest BCUT2D eigenvalue weighted by Gasteiger charge is -2.38. The van der Waals surface area contributed by atoms with Gasteiger partial charge in [-0.05, 0) is 20.3 Å². The fourth-order valence-corrected chi connectivity index (χ4v) is 3.09. The van der Waals surface area contributed by atoms with Gasteiger partial charge < -0.3 is 5.73 Å². The number of nitrogens with two attached hydrogens (primary N) is 1. The Hall–Kier alpha value is -0.980. The van der Waals surface area contributed by atoms with Crippen LogP contribution in [0.5, 0.6) is 0 Å². The van der Waals surface area contributed by atoms with Gasteiger partial charge in [0.25, 0.3) is 0 Å². The van der Waals surface area contributed by atoms with E-state index in [0.717, 1.165) is 45.1 Å². The summed E-state index contributed by atoms with van der Waals surface area (Å²) in [7, 11) is 0. The van der Waals surface area contributed by atoms with Gasteiger partial charge in [0.2, 0.25) is 0 Å². The Morgan fingerprint density at radius 2 is 1.95 bits per heavy atom. The number of rotatable bonds is 7. The summed E-state index contributed by atoms with van der Waals surface area (Å²) in [6.45, 7) is 12.6. The van der Waals surface area contributed by atoms with Gasteiger partial charge in [-0.2, -0.15) is 5.10 Å². The highest BCUT2D eigenvalue weighted by Gasteiger charge is 2.23. The minimum atomic E-state index is 0.370. The maximum atomic E-state index is 5.91. The molecule has 0 spiro atoms. The molecule has 0 aliphatic carbocycles. The number of hydrogen-bond donors (Lipinski definition) is 1. The number of aromatic nitrogens is 3. The van der Waals surface area contributed by atoms with Gasteiger partial charge in [0.15, 0.2) is 0 Å². The topological polar surface area (TPSA) is 63.2 Å². The second-order valence-corrected chi connectivity index (χ2v) is 6.20. The molecule has 1 aromatic rings. The zero-order chi connectivity index (χ0) is 15.2. The Morgan fingerprint density at radius 3 is 2.52 bits per heavy atom. The van der Waals surface area contributed by atoms with E-state index in [1.54, 1.807) is 6.33 Å². The second kappa shape index (κ2) is 7.87. The molecule has 6 nitrogen and oxygen atoms in total. The molecule has 1 fully saturated rings. The fraction of sp³-hybridized carbons (Fsp3) is 0.867. The zero-order valence-electron chi connectivity index (χ0n) is 13.7. The summed E-state index contributed by atoms with van der Waals surface area (Å²) >= 11 is 0. The van der Waals surface area contributed by atoms with E-state index in [9.17, 15) is 0 Å². The average molecular weight is 294 g/mol. The molecule has 120 valence electrons. The molecule has 1 unspecified atom stereocenters. The Labute approximate surface area is 128 Å². The lowest BCUT2D eigenvalue weighted by Crippen LogP contribution is -2.52. The van der Waals surface area contributed by atoms with E-state index in [1.807, 2.05) is 4.68 Å². The number of nitrogens with zero attached hydrogens (tertiary/aromatic N) is 5. The van der Waals surface area contributed by atoms with E-state index in [0.29, 0.717) is 12.1 Å². The van der Waals surface area contributed by atoms with Crippen LogP contribution < -0.4 is 5.73 Å². The first kappa shape index (κ1) is 16.4. The van der Waals surface area contributed by atoms with Crippen LogP contribution in [-0.4, -0.2) is 63.3 Å². The quantitative estimate of drug-likeness (QED) is 0.816. The van der Waals surface area contributed by atoms with Crippen LogP contribution in [0, 0.1) is 0 Å². The molecule has 1 aliphatic rings. The van der Waals surface area contributed by atoms with Crippen molar-refractivity contribution in [2.24, 2.45) is 5.73 Å². The largest absolute Gasteiger partial charge is 0.329 e. The van der Waals surface area contributed by atoms with Gasteiger partial charge >= 0.3 is 0 Å². The average Bonchev–Trinajstić information content (AvgIpc) is 2.94. The molecule has 0 saturated carbocycles. The van der Waals surface area contributed by atoms with Crippen LogP contribution in [0.25, 0.3) is 0 Å². The Bertz CT molecular complexity index is 408. The van der Waals surface area contributed by atoms with Gasteiger partial charge in [0.1, 0.15) is 12.2 Å². The molecule has 2 rings (SSSR count). The first-order valence-electron chi connectivity index (χ1n) is 8.20. The lowest BCUT2D eigenvalue weighted by molar-refractivity contribution is 0.0878. The van der Waals surface area contributed by atoms with Gasteiger partial charge in [-0.1, -0.05) is 13.3 Å². The van der Waals surface area contributed by atoms with Crippen LogP contribution in [-0.2, 0) is 6.54 Å². The Kier molecular flexibility index (Phi) is 6.14. The smallest absolute Gasteiger partial charge is 0.141 e. The van der Waals surface area contributed by atoms with Gasteiger partial charge in [-0.25, -0.2) is 9.67 Å². The minimum absolute atomic E-state index is 0.370. The van der Waals surface area contributed by atoms with E-state index in [4.69, 9.17) is 5.73 Å². The third-order valence-electron chi connectivity index (χ3n) is 4.32. The summed E-state index contributed by atoms with van der Waals surface area (Å²) in [5, 5.41) is 4.31. The number of piperazine rings is 1. The molecule has 1 atom stereocenters. The highest BCUT2D eigenvalue weighted by molar-refractivity contribution is 4.88. The summed E-state index contributed by atoms with van der Waals surface area (Å²) in [6, 6.07) is 0.923. The van der Waals surface area contributed by atoms with Gasteiger partial charge in [-0.15, -0.1) is 0 Å². The molecule has 1 aliphatic heterocycles. The van der Waals surface area contributed by atoms with E-state index < -0.39 is 0 Å². The molecule has 2 N–H and O–H groups in total. The third-order valence-corrected chi connectivity index (χ3v) is 4.32. The molecule has 6 heteroatoms. The molecule has 2 heterocycles. The van der Waals surface area contributed by atoms with Gasteiger partial charge in [0, 0.05) is 44.8 Å². The fourth-order valence-electron chi connectivity index (χ4n) is 3.09. The van der Waals surface area contributed by atoms with Crippen molar-refractivity contribution < 1.29 is 0 Å². The SMILES string of the molecule is CCCC(CN)N1CCN(Cc2ncnn2C(C)C)CC1. The highest BCUT2D eigenvalue weighted by Crippen LogP contribution is 2.13. The van der Waals surface area contributed by atoms with Crippen LogP contribution in [0.3, 0.4) is 0 Å². The highest BCUT2D eigenvalue weighted by atomic mass is 15.4. The molecular formula is C15H30N6. The summed E-state index contributed by atoms with van der Waals surface area (Å²) < 4.78 is 2.02. The van der Waals surface area contributed by atoms with Crippen LogP contribution in [0.15, 0.2) is 6.33 Å². The van der Waals surface area contributed by atoms with Crippen molar-refractivity contribution in [3.05, 3.63) is 12.2 Å². The molecular weight excluding hydrogens is 264 g/mol. The van der Waals surface area contributed by atoms with Crippen molar-refractivity contribution >= 4 is 0 Å². The minimum Gasteiger partial charge on any atom is -0.329 e. The van der Waals surface area contributed by atoms with Gasteiger partial charge in [-0.3, -0.25) is 9.80 Å². The summed E-state index contributed by atoms with van der Waals surface area (Å²) in [6.07, 6.45) is 4.08. The zero-order valence-corrected chi connectivity index (χ0v) is 13.7. The number of hydrogen-bond acceptors (Lipinski definition) is 5. The van der Waals surface area contributed by atoms with Crippen molar-refractivity contribution in [2.45, 2.75) is 52.2 Å². The summed E-state index contributed by atoms with van der Waals surface area (Å²) in [5.74, 6) is 1.07. The van der Waals surface area contributed by atoms with Crippen LogP contribution in [0.4, 0.5) is 0 Å². The normalized spacial score (nSPS) is 19.3. The summed E-state index contributed by atoms with van der Waals surface area (Å²) in [4.78, 5) is 9.43. The monoisotopic (exact) mass is 294 g/mol. The van der Waals surface area contributed by atoms with Crippen LogP contribution in [0.1, 0.15) is 45.5 Å². The first-order chi connectivity index (χ1) is 10.2. The molecule has 21 heavy (non-hydrogen) atoms. The predicted molar refractivity (Wildman–Crippen MR) is 85.0 cm³/mol. The van der Waals surface area contributed by atoms with E-state index in [2.05, 4.69) is 40.7 Å². The molecule has 0 radical (unpaired) electrons. The summed E-state index contributed by atoms with van der Waals surface area (Å²) in [5.41, 5.74) is 5.91. The van der Waals surface area contributed by atoms with E-state index in [1.165, 1.54) is 12.8 Å². The predicted octanol–water partition coefficient (Wildman–Crippen LogP) is 1.10. The van der Waals surface area contributed by atoms with E-state index in [-0.39, 0.29) is 0 Å². The first-order valence-corrected chi connectivity index (χ1v) is 8.20. The van der Waals surface area contributed by atoms with Gasteiger partial charge in [0.05, 0.1) is 6.54 Å². The van der Waals surface area contributed by atoms with Crippen molar-refractivity contribution in [3.8, 4) is 0 Å². The Balaban J connectivity index is 1.85. The molecule has 1 saturated heterocycles. The third kappa shape index (κ3) is 4.25. The maximum Gasteiger partial charge on any atom is 0.141 e. The van der Waals surface area contributed by atoms with Crippen LogP contribution >= 0.6 is 0 Å². The van der Waals surface area contributed by atoms with E-state index >= 15 is 0 Å². The van der Waals surface area contributed by atoms with Crippen LogP contribution in [0.2, 0.25) is 0 Å². The molecule has 0 aromatic carbocycles. The molecule has 0 amide bonds. The maximum absolute atomic E-state index is 5.91. The van der Waals surface area contributed by atoms with Crippen molar-refractivity contribution in [1.29, 1.82) is 0 Å². The van der Waals surface area contributed by atoms with Crippen molar-refractivity contribution in [2.75, 3.05) is 32.7 Å². The van der Waals surface area contributed by atoms with Crippen molar-refractivity contribution in [3.63, 3.8) is 0 Å². The standard InChI is InChI=1S/C15H30N6/c1-4-5-14(10-16)20-8-6-19(7-9-20)11-15-17-12-18-21(15)13(2)3/h12-14H,4-11,16H2,1-3H3. The lowest BCUT2D eigenvalue weighted by atomic mass is 10.1. The Morgan fingerprint density at radius 1 is 1.24 bits per heavy atom.